The van der Waals surface area contributed by atoms with E-state index in [0.29, 0.717) is 17.8 Å². The molecule has 1 rings (SSSR count). The summed E-state index contributed by atoms with van der Waals surface area (Å²) in [5.41, 5.74) is 6.02. The Morgan fingerprint density at radius 1 is 1.26 bits per heavy atom. The monoisotopic (exact) mass is 281 g/mol. The Kier molecular flexibility index (Phi) is 6.11. The van der Waals surface area contributed by atoms with Crippen molar-refractivity contribution in [3.8, 4) is 0 Å². The van der Waals surface area contributed by atoms with Crippen LogP contribution in [0.15, 0.2) is 12.4 Å². The molecule has 6 heteroatoms. The lowest BCUT2D eigenvalue weighted by molar-refractivity contribution is 0.182. The number of thiocarbonyl (C=S) groups is 1. The van der Waals surface area contributed by atoms with Gasteiger partial charge in [0, 0.05) is 25.2 Å². The summed E-state index contributed by atoms with van der Waals surface area (Å²) in [7, 11) is 0. The van der Waals surface area contributed by atoms with Crippen molar-refractivity contribution in [2.24, 2.45) is 5.73 Å². The maximum atomic E-state index is 5.47. The van der Waals surface area contributed by atoms with Crippen LogP contribution in [0, 0.1) is 0 Å². The summed E-state index contributed by atoms with van der Waals surface area (Å²) in [6.45, 7) is 10.6. The van der Waals surface area contributed by atoms with Crippen LogP contribution >= 0.6 is 12.2 Å². The maximum absolute atomic E-state index is 5.47. The summed E-state index contributed by atoms with van der Waals surface area (Å²) < 4.78 is 0. The van der Waals surface area contributed by atoms with Crippen LogP contribution in [-0.2, 0) is 0 Å². The van der Waals surface area contributed by atoms with Crippen LogP contribution in [0.4, 0.5) is 5.82 Å². The van der Waals surface area contributed by atoms with Gasteiger partial charge < -0.3 is 11.1 Å². The lowest BCUT2D eigenvalue weighted by Gasteiger charge is -2.30. The number of nitrogens with two attached hydrogens (primary N) is 1. The van der Waals surface area contributed by atoms with Crippen LogP contribution in [0.3, 0.4) is 0 Å². The molecular weight excluding hydrogens is 258 g/mol. The van der Waals surface area contributed by atoms with Crippen LogP contribution in [-0.4, -0.2) is 45.0 Å². The van der Waals surface area contributed by atoms with Crippen LogP contribution in [0.2, 0.25) is 0 Å². The largest absolute Gasteiger partial charge is 0.388 e. The van der Waals surface area contributed by atoms with Crippen molar-refractivity contribution in [2.45, 2.75) is 39.8 Å². The third-order valence-corrected chi connectivity index (χ3v) is 3.12. The highest BCUT2D eigenvalue weighted by Gasteiger charge is 2.12. The van der Waals surface area contributed by atoms with Crippen molar-refractivity contribution in [1.29, 1.82) is 0 Å². The van der Waals surface area contributed by atoms with E-state index in [9.17, 15) is 0 Å². The summed E-state index contributed by atoms with van der Waals surface area (Å²) in [6, 6.07) is 1.06. The van der Waals surface area contributed by atoms with Gasteiger partial charge in [0.1, 0.15) is 16.5 Å². The van der Waals surface area contributed by atoms with Gasteiger partial charge in [-0.15, -0.1) is 0 Å². The quantitative estimate of drug-likeness (QED) is 0.741. The summed E-state index contributed by atoms with van der Waals surface area (Å²) in [6.07, 6.45) is 3.25. The fraction of sp³-hybridized carbons (Fsp3) is 0.615. The fourth-order valence-electron chi connectivity index (χ4n) is 1.97. The molecule has 106 valence electrons. The van der Waals surface area contributed by atoms with Crippen molar-refractivity contribution in [3.63, 3.8) is 0 Å². The Morgan fingerprint density at radius 2 is 1.89 bits per heavy atom. The third kappa shape index (κ3) is 5.08. The molecule has 0 aliphatic carbocycles. The first kappa shape index (κ1) is 15.8. The first-order valence-corrected chi connectivity index (χ1v) is 6.94. The van der Waals surface area contributed by atoms with E-state index in [2.05, 4.69) is 47.9 Å². The van der Waals surface area contributed by atoms with E-state index in [1.54, 1.807) is 12.4 Å². The van der Waals surface area contributed by atoms with Gasteiger partial charge in [-0.05, 0) is 27.7 Å². The van der Waals surface area contributed by atoms with E-state index in [0.717, 1.165) is 18.9 Å². The molecule has 0 bridgehead atoms. The predicted molar refractivity (Wildman–Crippen MR) is 83.4 cm³/mol. The van der Waals surface area contributed by atoms with E-state index in [1.807, 2.05) is 0 Å². The summed E-state index contributed by atoms with van der Waals surface area (Å²) in [5.74, 6) is 0.743. The van der Waals surface area contributed by atoms with Crippen molar-refractivity contribution in [1.82, 2.24) is 14.9 Å². The van der Waals surface area contributed by atoms with Crippen LogP contribution in [0.5, 0.6) is 0 Å². The van der Waals surface area contributed by atoms with Gasteiger partial charge in [-0.2, -0.15) is 0 Å². The number of anilines is 1. The molecule has 3 N–H and O–H groups in total. The standard InChI is InChI=1S/C13H23N5S/c1-9(2)18(10(3)4)6-5-15-12-8-16-11(7-17-12)13(14)19/h7-10H,5-6H2,1-4H3,(H2,14,19)(H,15,17). The first-order chi connectivity index (χ1) is 8.91. The van der Waals surface area contributed by atoms with Crippen molar-refractivity contribution < 1.29 is 0 Å². The molecule has 0 aromatic carbocycles. The van der Waals surface area contributed by atoms with Gasteiger partial charge in [0.25, 0.3) is 0 Å². The second-order valence-electron chi connectivity index (χ2n) is 5.00. The lowest BCUT2D eigenvalue weighted by Crippen LogP contribution is -2.40. The highest BCUT2D eigenvalue weighted by Crippen LogP contribution is 2.05. The first-order valence-electron chi connectivity index (χ1n) is 6.53. The van der Waals surface area contributed by atoms with E-state index in [4.69, 9.17) is 18.0 Å². The Bertz CT molecular complexity index is 394. The Balaban J connectivity index is 2.46. The smallest absolute Gasteiger partial charge is 0.144 e. The Morgan fingerprint density at radius 3 is 2.32 bits per heavy atom. The highest BCUT2D eigenvalue weighted by molar-refractivity contribution is 7.80. The van der Waals surface area contributed by atoms with Crippen LogP contribution < -0.4 is 11.1 Å². The van der Waals surface area contributed by atoms with Gasteiger partial charge >= 0.3 is 0 Å². The molecule has 0 unspecified atom stereocenters. The molecule has 0 atom stereocenters. The molecule has 1 aromatic rings. The van der Waals surface area contributed by atoms with Gasteiger partial charge in [-0.25, -0.2) is 9.97 Å². The molecule has 0 aliphatic heterocycles. The van der Waals surface area contributed by atoms with Gasteiger partial charge in [0.15, 0.2) is 0 Å². The number of hydrogen-bond donors (Lipinski definition) is 2. The van der Waals surface area contributed by atoms with Crippen LogP contribution in [0.25, 0.3) is 0 Å². The van der Waals surface area contributed by atoms with Gasteiger partial charge in [-0.1, -0.05) is 12.2 Å². The second kappa shape index (κ2) is 7.35. The molecule has 19 heavy (non-hydrogen) atoms. The molecule has 1 aromatic heterocycles. The zero-order chi connectivity index (χ0) is 14.4. The number of nitrogens with one attached hydrogen (secondary N) is 1. The SMILES string of the molecule is CC(C)N(CCNc1cnc(C(N)=S)cn1)C(C)C. The zero-order valence-corrected chi connectivity index (χ0v) is 12.9. The van der Waals surface area contributed by atoms with Crippen molar-refractivity contribution in [3.05, 3.63) is 18.1 Å². The second-order valence-corrected chi connectivity index (χ2v) is 5.44. The minimum absolute atomic E-state index is 0.268. The van der Waals surface area contributed by atoms with E-state index < -0.39 is 0 Å². The normalized spacial score (nSPS) is 11.3. The lowest BCUT2D eigenvalue weighted by atomic mass is 10.2. The number of hydrogen-bond acceptors (Lipinski definition) is 5. The molecule has 0 fully saturated rings. The Labute approximate surface area is 120 Å². The van der Waals surface area contributed by atoms with E-state index in [1.165, 1.54) is 0 Å². The molecule has 0 aliphatic rings. The van der Waals surface area contributed by atoms with E-state index >= 15 is 0 Å². The molecule has 0 radical (unpaired) electrons. The van der Waals surface area contributed by atoms with Gasteiger partial charge in [0.05, 0.1) is 12.4 Å². The summed E-state index contributed by atoms with van der Waals surface area (Å²) in [4.78, 5) is 11.1. The van der Waals surface area contributed by atoms with E-state index in [-0.39, 0.29) is 4.99 Å². The maximum Gasteiger partial charge on any atom is 0.144 e. The Hall–Kier alpha value is -1.27. The molecule has 1 heterocycles. The number of aromatic nitrogens is 2. The molecule has 0 spiro atoms. The van der Waals surface area contributed by atoms with Crippen molar-refractivity contribution >= 4 is 23.0 Å². The summed E-state index contributed by atoms with van der Waals surface area (Å²) >= 11 is 4.83. The van der Waals surface area contributed by atoms with Crippen LogP contribution in [0.1, 0.15) is 33.4 Å². The molecule has 5 nitrogen and oxygen atoms in total. The molecule has 0 amide bonds. The minimum Gasteiger partial charge on any atom is -0.388 e. The highest BCUT2D eigenvalue weighted by atomic mass is 32.1. The average molecular weight is 281 g/mol. The van der Waals surface area contributed by atoms with Gasteiger partial charge in [-0.3, -0.25) is 4.90 Å². The van der Waals surface area contributed by atoms with Gasteiger partial charge in [0.2, 0.25) is 0 Å². The number of nitrogens with zero attached hydrogens (tertiary/aromatic N) is 3. The predicted octanol–water partition coefficient (Wildman–Crippen LogP) is 1.64. The number of rotatable bonds is 7. The summed E-state index contributed by atoms with van der Waals surface area (Å²) in [5, 5.41) is 3.25. The molecular formula is C13H23N5S. The fourth-order valence-corrected chi connectivity index (χ4v) is 2.08. The average Bonchev–Trinajstić information content (AvgIpc) is 2.34. The molecule has 0 saturated heterocycles. The molecule has 0 saturated carbocycles. The van der Waals surface area contributed by atoms with Crippen molar-refractivity contribution in [2.75, 3.05) is 18.4 Å². The third-order valence-electron chi connectivity index (χ3n) is 2.91. The minimum atomic E-state index is 0.268. The zero-order valence-electron chi connectivity index (χ0n) is 12.1. The topological polar surface area (TPSA) is 67.1 Å².